The second-order valence-corrected chi connectivity index (χ2v) is 10.3. The maximum absolute atomic E-state index is 5.32. The first-order valence-corrected chi connectivity index (χ1v) is 12.7. The number of aromatic nitrogens is 4. The van der Waals surface area contributed by atoms with Crippen LogP contribution in [0.15, 0.2) is 109 Å². The molecule has 0 N–H and O–H groups in total. The molecule has 0 unspecified atom stereocenters. The van der Waals surface area contributed by atoms with Crippen LogP contribution < -0.4 is 0 Å². The topological polar surface area (TPSA) is 35.6 Å². The van der Waals surface area contributed by atoms with E-state index in [2.05, 4.69) is 120 Å². The van der Waals surface area contributed by atoms with Crippen molar-refractivity contribution in [2.45, 2.75) is 19.3 Å². The van der Waals surface area contributed by atoms with Crippen LogP contribution in [-0.2, 0) is 5.41 Å². The van der Waals surface area contributed by atoms with Gasteiger partial charge < -0.3 is 0 Å². The summed E-state index contributed by atoms with van der Waals surface area (Å²) in [5.74, 6) is 1.82. The van der Waals surface area contributed by atoms with Crippen molar-refractivity contribution in [1.29, 1.82) is 0 Å². The van der Waals surface area contributed by atoms with E-state index in [1.54, 1.807) is 0 Å². The smallest absolute Gasteiger partial charge is 0.140 e. The Balaban J connectivity index is 1.45. The van der Waals surface area contributed by atoms with E-state index >= 15 is 0 Å². The minimum Gasteiger partial charge on any atom is -0.297 e. The quantitative estimate of drug-likeness (QED) is 0.255. The molecule has 0 radical (unpaired) electrons. The highest BCUT2D eigenvalue weighted by molar-refractivity contribution is 6.09. The lowest BCUT2D eigenvalue weighted by Gasteiger charge is -2.23. The number of fused-ring (bicyclic) bond motifs is 8. The Bertz CT molecular complexity index is 1970. The van der Waals surface area contributed by atoms with Crippen LogP contribution in [-0.4, -0.2) is 19.1 Å². The van der Waals surface area contributed by atoms with Crippen molar-refractivity contribution in [3.05, 3.63) is 121 Å². The van der Waals surface area contributed by atoms with Gasteiger partial charge in [0.05, 0.1) is 22.2 Å². The number of hydrogen-bond donors (Lipinski definition) is 0. The summed E-state index contributed by atoms with van der Waals surface area (Å²) in [5.41, 5.74) is 8.09. The molecular formula is C33H24N4. The molecule has 1 aliphatic carbocycles. The van der Waals surface area contributed by atoms with Gasteiger partial charge >= 0.3 is 0 Å². The molecule has 0 saturated heterocycles. The third kappa shape index (κ3) is 2.62. The molecule has 37 heavy (non-hydrogen) atoms. The first-order chi connectivity index (χ1) is 18.1. The summed E-state index contributed by atoms with van der Waals surface area (Å²) in [4.78, 5) is 10.1. The van der Waals surface area contributed by atoms with Crippen molar-refractivity contribution in [1.82, 2.24) is 19.1 Å². The highest BCUT2D eigenvalue weighted by Gasteiger charge is 2.42. The van der Waals surface area contributed by atoms with Gasteiger partial charge in [0.25, 0.3) is 0 Å². The molecule has 4 aromatic heterocycles. The van der Waals surface area contributed by atoms with Crippen molar-refractivity contribution >= 4 is 32.7 Å². The number of hydrogen-bond acceptors (Lipinski definition) is 2. The zero-order chi connectivity index (χ0) is 24.7. The number of pyridine rings is 2. The molecule has 0 fully saturated rings. The van der Waals surface area contributed by atoms with Crippen LogP contribution in [0.3, 0.4) is 0 Å². The van der Waals surface area contributed by atoms with Gasteiger partial charge in [0.1, 0.15) is 11.6 Å². The predicted octanol–water partition coefficient (Wildman–Crippen LogP) is 7.82. The highest BCUT2D eigenvalue weighted by Crippen LogP contribution is 2.52. The van der Waals surface area contributed by atoms with Crippen LogP contribution in [0.2, 0.25) is 0 Å². The molecular weight excluding hydrogens is 452 g/mol. The summed E-state index contributed by atoms with van der Waals surface area (Å²) in [6.07, 6.45) is 1.90. The van der Waals surface area contributed by atoms with E-state index in [1.165, 1.54) is 38.5 Å². The van der Waals surface area contributed by atoms with Crippen LogP contribution in [0.1, 0.15) is 25.2 Å². The fourth-order valence-electron chi connectivity index (χ4n) is 6.39. The summed E-state index contributed by atoms with van der Waals surface area (Å²) in [6.45, 7) is 4.55. The van der Waals surface area contributed by atoms with E-state index < -0.39 is 0 Å². The van der Waals surface area contributed by atoms with Gasteiger partial charge in [-0.25, -0.2) is 4.98 Å². The lowest BCUT2D eigenvalue weighted by atomic mass is 9.89. The van der Waals surface area contributed by atoms with Crippen molar-refractivity contribution < 1.29 is 0 Å². The fraction of sp³-hybridized carbons (Fsp3) is 0.0909. The van der Waals surface area contributed by atoms with Crippen LogP contribution in [0.25, 0.3) is 55.5 Å². The average Bonchev–Trinajstić information content (AvgIpc) is 3.54. The zero-order valence-electron chi connectivity index (χ0n) is 20.7. The van der Waals surface area contributed by atoms with Crippen molar-refractivity contribution in [3.63, 3.8) is 0 Å². The van der Waals surface area contributed by atoms with Gasteiger partial charge in [0.15, 0.2) is 0 Å². The second kappa shape index (κ2) is 7.17. The Morgan fingerprint density at radius 1 is 0.568 bits per heavy atom. The number of rotatable bonds is 2. The first-order valence-electron chi connectivity index (χ1n) is 12.7. The summed E-state index contributed by atoms with van der Waals surface area (Å²) in [6, 6.07) is 36.4. The molecule has 0 aliphatic heterocycles. The van der Waals surface area contributed by atoms with E-state index in [4.69, 9.17) is 9.97 Å². The Labute approximate surface area is 214 Å². The van der Waals surface area contributed by atoms with Gasteiger partial charge in [0.2, 0.25) is 0 Å². The molecule has 7 aromatic rings. The Kier molecular flexibility index (Phi) is 3.97. The molecule has 4 nitrogen and oxygen atoms in total. The molecule has 176 valence electrons. The highest BCUT2D eigenvalue weighted by atomic mass is 15.1. The van der Waals surface area contributed by atoms with E-state index in [-0.39, 0.29) is 5.41 Å². The maximum Gasteiger partial charge on any atom is 0.140 e. The van der Waals surface area contributed by atoms with Crippen molar-refractivity contribution in [2.75, 3.05) is 0 Å². The first kappa shape index (κ1) is 20.5. The van der Waals surface area contributed by atoms with Crippen LogP contribution >= 0.6 is 0 Å². The SMILES string of the molecule is CC1(C)c2ncccc2-c2c1n(-c1cccc(-n3c4ccccc4c4ccccc43)n1)c1ccccc21. The van der Waals surface area contributed by atoms with E-state index in [1.807, 2.05) is 12.3 Å². The van der Waals surface area contributed by atoms with E-state index in [0.717, 1.165) is 28.4 Å². The van der Waals surface area contributed by atoms with Crippen LogP contribution in [0.4, 0.5) is 0 Å². The van der Waals surface area contributed by atoms with Gasteiger partial charge in [-0.3, -0.25) is 14.1 Å². The molecule has 0 amide bonds. The van der Waals surface area contributed by atoms with Crippen LogP contribution in [0, 0.1) is 0 Å². The average molecular weight is 477 g/mol. The maximum atomic E-state index is 5.32. The molecule has 0 atom stereocenters. The number of para-hydroxylation sites is 3. The summed E-state index contributed by atoms with van der Waals surface area (Å²) in [7, 11) is 0. The van der Waals surface area contributed by atoms with Crippen LogP contribution in [0.5, 0.6) is 0 Å². The molecule has 0 bridgehead atoms. The molecule has 3 aromatic carbocycles. The summed E-state index contributed by atoms with van der Waals surface area (Å²) in [5, 5.41) is 3.71. The molecule has 4 heterocycles. The van der Waals surface area contributed by atoms with Crippen molar-refractivity contribution in [2.24, 2.45) is 0 Å². The van der Waals surface area contributed by atoms with E-state index in [9.17, 15) is 0 Å². The fourth-order valence-corrected chi connectivity index (χ4v) is 6.39. The molecule has 4 heteroatoms. The third-order valence-electron chi connectivity index (χ3n) is 7.89. The normalized spacial score (nSPS) is 13.9. The number of benzene rings is 3. The molecule has 0 saturated carbocycles. The van der Waals surface area contributed by atoms with Gasteiger partial charge in [-0.2, -0.15) is 0 Å². The minimum atomic E-state index is -0.254. The standard InChI is InChI=1S/C33H24N4/c1-33(2)31-24(14-10-20-34-31)30-23-13-5-8-17-27(23)37(32(30)33)29-19-9-18-28(35-29)36-25-15-6-3-11-21(25)22-12-4-7-16-26(22)36/h3-20H,1-2H3. The molecule has 0 spiro atoms. The Morgan fingerprint density at radius 3 is 1.81 bits per heavy atom. The lowest BCUT2D eigenvalue weighted by molar-refractivity contribution is 0.602. The monoisotopic (exact) mass is 476 g/mol. The predicted molar refractivity (Wildman–Crippen MR) is 151 cm³/mol. The van der Waals surface area contributed by atoms with Gasteiger partial charge in [-0.15, -0.1) is 0 Å². The van der Waals surface area contributed by atoms with E-state index in [0.29, 0.717) is 0 Å². The minimum absolute atomic E-state index is 0.254. The Morgan fingerprint density at radius 2 is 1.14 bits per heavy atom. The van der Waals surface area contributed by atoms with Gasteiger partial charge in [0, 0.05) is 44.6 Å². The van der Waals surface area contributed by atoms with Gasteiger partial charge in [-0.05, 0) is 50.2 Å². The Hall–Kier alpha value is -4.70. The molecule has 1 aliphatic rings. The largest absolute Gasteiger partial charge is 0.297 e. The van der Waals surface area contributed by atoms with Gasteiger partial charge in [-0.1, -0.05) is 66.7 Å². The summed E-state index contributed by atoms with van der Waals surface area (Å²) < 4.78 is 4.63. The van der Waals surface area contributed by atoms with Crippen molar-refractivity contribution in [3.8, 4) is 22.8 Å². The second-order valence-electron chi connectivity index (χ2n) is 10.3. The lowest BCUT2D eigenvalue weighted by Crippen LogP contribution is -2.21. The zero-order valence-corrected chi connectivity index (χ0v) is 20.7. The summed E-state index contributed by atoms with van der Waals surface area (Å²) >= 11 is 0. The number of nitrogens with zero attached hydrogens (tertiary/aromatic N) is 4. The third-order valence-corrected chi connectivity index (χ3v) is 7.89. The molecule has 8 rings (SSSR count).